The fourth-order valence-electron chi connectivity index (χ4n) is 4.99. The van der Waals surface area contributed by atoms with Gasteiger partial charge in [0.1, 0.15) is 17.1 Å². The van der Waals surface area contributed by atoms with Gasteiger partial charge in [-0.05, 0) is 55.3 Å². The average Bonchev–Trinajstić information content (AvgIpc) is 2.92. The molecule has 5 rings (SSSR count). The van der Waals surface area contributed by atoms with E-state index < -0.39 is 21.7 Å². The Labute approximate surface area is 222 Å². The molecule has 0 aromatic heterocycles. The minimum absolute atomic E-state index is 0.0850. The van der Waals surface area contributed by atoms with E-state index in [9.17, 15) is 13.2 Å². The maximum absolute atomic E-state index is 13.6. The Balaban J connectivity index is 1.45. The number of halogens is 1. The van der Waals surface area contributed by atoms with Gasteiger partial charge in [-0.3, -0.25) is 9.10 Å². The van der Waals surface area contributed by atoms with E-state index >= 15 is 0 Å². The third-order valence-electron chi connectivity index (χ3n) is 7.23. The highest BCUT2D eigenvalue weighted by Gasteiger charge is 2.42. The number of amides is 1. The average molecular weight is 541 g/mol. The summed E-state index contributed by atoms with van der Waals surface area (Å²) in [5.74, 6) is 0.702. The summed E-state index contributed by atoms with van der Waals surface area (Å²) in [7, 11) is -3.97. The van der Waals surface area contributed by atoms with Crippen LogP contribution >= 0.6 is 11.6 Å². The summed E-state index contributed by atoms with van der Waals surface area (Å²) >= 11 is 5.97. The normalized spacial score (nSPS) is 20.1. The Morgan fingerprint density at radius 1 is 1.00 bits per heavy atom. The maximum Gasteiger partial charge on any atom is 0.264 e. The number of benzene rings is 3. The van der Waals surface area contributed by atoms with Gasteiger partial charge >= 0.3 is 0 Å². The van der Waals surface area contributed by atoms with Crippen molar-refractivity contribution in [1.82, 2.24) is 5.32 Å². The lowest BCUT2D eigenvalue weighted by Crippen LogP contribution is -2.52. The van der Waals surface area contributed by atoms with Crippen LogP contribution in [-0.4, -0.2) is 32.6 Å². The topological polar surface area (TPSA) is 84.9 Å². The molecule has 0 radical (unpaired) electrons. The Kier molecular flexibility index (Phi) is 6.81. The van der Waals surface area contributed by atoms with Crippen molar-refractivity contribution in [2.75, 3.05) is 10.8 Å². The number of para-hydroxylation sites is 3. The lowest BCUT2D eigenvalue weighted by molar-refractivity contribution is -0.129. The lowest BCUT2D eigenvalue weighted by Gasteiger charge is -2.42. The van der Waals surface area contributed by atoms with Crippen molar-refractivity contribution in [2.45, 2.75) is 55.8 Å². The van der Waals surface area contributed by atoms with Crippen molar-refractivity contribution < 1.29 is 22.7 Å². The van der Waals surface area contributed by atoms with Crippen molar-refractivity contribution in [2.24, 2.45) is 0 Å². The zero-order chi connectivity index (χ0) is 26.2. The number of anilines is 1. The van der Waals surface area contributed by atoms with Gasteiger partial charge in [0, 0.05) is 17.0 Å². The molecule has 2 unspecified atom stereocenters. The van der Waals surface area contributed by atoms with E-state index in [1.807, 2.05) is 24.3 Å². The fraction of sp³-hybridized carbons (Fsp3) is 0.321. The molecule has 0 saturated heterocycles. The molecule has 37 heavy (non-hydrogen) atoms. The molecule has 0 spiro atoms. The maximum atomic E-state index is 13.6. The van der Waals surface area contributed by atoms with Gasteiger partial charge in [-0.2, -0.15) is 0 Å². The van der Waals surface area contributed by atoms with Crippen LogP contribution in [0, 0.1) is 0 Å². The van der Waals surface area contributed by atoms with Crippen LogP contribution < -0.4 is 19.1 Å². The molecule has 1 amide bonds. The first-order valence-electron chi connectivity index (χ1n) is 12.4. The van der Waals surface area contributed by atoms with Crippen LogP contribution in [0.5, 0.6) is 11.5 Å². The molecule has 2 heterocycles. The summed E-state index contributed by atoms with van der Waals surface area (Å²) < 4.78 is 40.9. The Morgan fingerprint density at radius 2 is 1.65 bits per heavy atom. The first-order valence-corrected chi connectivity index (χ1v) is 14.2. The van der Waals surface area contributed by atoms with Crippen molar-refractivity contribution >= 4 is 33.2 Å². The van der Waals surface area contributed by atoms with Crippen LogP contribution in [0.1, 0.15) is 44.7 Å². The van der Waals surface area contributed by atoms with Gasteiger partial charge in [0.2, 0.25) is 0 Å². The molecule has 0 saturated carbocycles. The van der Waals surface area contributed by atoms with Crippen LogP contribution in [0.15, 0.2) is 77.7 Å². The number of carbonyl (C=O) groups is 1. The summed E-state index contributed by atoms with van der Waals surface area (Å²) in [6.07, 6.45) is 1.17. The summed E-state index contributed by atoms with van der Waals surface area (Å²) in [5, 5.41) is 3.57. The van der Waals surface area contributed by atoms with Crippen LogP contribution in [0.3, 0.4) is 0 Å². The van der Waals surface area contributed by atoms with Gasteiger partial charge in [0.05, 0.1) is 23.2 Å². The molecule has 0 aliphatic carbocycles. The van der Waals surface area contributed by atoms with Crippen LogP contribution in [0.25, 0.3) is 0 Å². The Bertz CT molecular complexity index is 1410. The smallest absolute Gasteiger partial charge is 0.264 e. The van der Waals surface area contributed by atoms with Crippen molar-refractivity contribution in [3.8, 4) is 11.5 Å². The zero-order valence-corrected chi connectivity index (χ0v) is 22.3. The third kappa shape index (κ3) is 4.76. The SMILES string of the molecule is CCC1(CC)CC(NC(=O)C2CN(S(=O)(=O)c3ccc(Cl)cc3)c3ccccc3O2)c2ccccc2O1. The molecule has 194 valence electrons. The second kappa shape index (κ2) is 9.91. The van der Waals surface area contributed by atoms with E-state index in [1.165, 1.54) is 28.6 Å². The minimum atomic E-state index is -3.97. The number of ether oxygens (including phenoxy) is 2. The number of hydrogen-bond donors (Lipinski definition) is 1. The summed E-state index contributed by atoms with van der Waals surface area (Å²) in [6, 6.07) is 20.2. The second-order valence-electron chi connectivity index (χ2n) is 9.36. The Hall–Kier alpha value is -3.23. The van der Waals surface area contributed by atoms with Crippen LogP contribution in [-0.2, 0) is 14.8 Å². The fourth-order valence-corrected chi connectivity index (χ4v) is 6.60. The number of fused-ring (bicyclic) bond motifs is 2. The quantitative estimate of drug-likeness (QED) is 0.446. The Morgan fingerprint density at radius 3 is 2.35 bits per heavy atom. The molecule has 1 N–H and O–H groups in total. The van der Waals surface area contributed by atoms with Gasteiger partial charge in [-0.25, -0.2) is 8.42 Å². The molecule has 3 aromatic rings. The lowest BCUT2D eigenvalue weighted by atomic mass is 9.83. The molecule has 9 heteroatoms. The van der Waals surface area contributed by atoms with Crippen molar-refractivity contribution in [3.05, 3.63) is 83.4 Å². The van der Waals surface area contributed by atoms with E-state index in [0.717, 1.165) is 24.2 Å². The van der Waals surface area contributed by atoms with Gasteiger partial charge in [-0.15, -0.1) is 0 Å². The number of hydrogen-bond acceptors (Lipinski definition) is 5. The molecule has 2 aliphatic heterocycles. The first-order chi connectivity index (χ1) is 17.8. The molecule has 3 aromatic carbocycles. The molecule has 0 bridgehead atoms. The van der Waals surface area contributed by atoms with Gasteiger partial charge in [0.25, 0.3) is 15.9 Å². The summed E-state index contributed by atoms with van der Waals surface area (Å²) in [6.45, 7) is 4.00. The van der Waals surface area contributed by atoms with Crippen molar-refractivity contribution in [3.63, 3.8) is 0 Å². The molecule has 2 aliphatic rings. The predicted octanol–water partition coefficient (Wildman–Crippen LogP) is 5.50. The second-order valence-corrected chi connectivity index (χ2v) is 11.7. The van der Waals surface area contributed by atoms with Gasteiger partial charge in [-0.1, -0.05) is 55.8 Å². The monoisotopic (exact) mass is 540 g/mol. The number of rotatable bonds is 6. The van der Waals surface area contributed by atoms with Crippen molar-refractivity contribution in [1.29, 1.82) is 0 Å². The molecular formula is C28H29ClN2O5S. The standard InChI is InChI=1S/C28H29ClN2O5S/c1-3-28(4-2)17-22(21-9-5-7-11-24(21)36-28)30-27(32)26-18-31(23-10-6-8-12-25(23)35-26)37(33,34)20-15-13-19(29)14-16-20/h5-16,22,26H,3-4,17-18H2,1-2H3,(H,30,32). The van der Waals surface area contributed by atoms with E-state index in [2.05, 4.69) is 19.2 Å². The molecule has 7 nitrogen and oxygen atoms in total. The van der Waals surface area contributed by atoms with Crippen LogP contribution in [0.4, 0.5) is 5.69 Å². The number of nitrogens with zero attached hydrogens (tertiary/aromatic N) is 1. The summed E-state index contributed by atoms with van der Waals surface area (Å²) in [4.78, 5) is 13.7. The predicted molar refractivity (Wildman–Crippen MR) is 143 cm³/mol. The highest BCUT2D eigenvalue weighted by Crippen LogP contribution is 2.43. The number of carbonyl (C=O) groups excluding carboxylic acids is 1. The largest absolute Gasteiger partial charge is 0.487 e. The number of nitrogens with one attached hydrogen (secondary N) is 1. The van der Waals surface area contributed by atoms with E-state index in [1.54, 1.807) is 24.3 Å². The van der Waals surface area contributed by atoms with Crippen LogP contribution in [0.2, 0.25) is 5.02 Å². The van der Waals surface area contributed by atoms with Gasteiger partial charge in [0.15, 0.2) is 6.10 Å². The molecule has 0 fully saturated rings. The number of sulfonamides is 1. The highest BCUT2D eigenvalue weighted by atomic mass is 35.5. The highest BCUT2D eigenvalue weighted by molar-refractivity contribution is 7.92. The third-order valence-corrected chi connectivity index (χ3v) is 9.28. The van der Waals surface area contributed by atoms with E-state index in [-0.39, 0.29) is 23.4 Å². The molecule has 2 atom stereocenters. The molecular weight excluding hydrogens is 512 g/mol. The van der Waals surface area contributed by atoms with E-state index in [0.29, 0.717) is 22.9 Å². The zero-order valence-electron chi connectivity index (χ0n) is 20.7. The summed E-state index contributed by atoms with van der Waals surface area (Å²) in [5.41, 5.74) is 0.889. The van der Waals surface area contributed by atoms with E-state index in [4.69, 9.17) is 21.1 Å². The first kappa shape index (κ1) is 25.4. The van der Waals surface area contributed by atoms with Gasteiger partial charge < -0.3 is 14.8 Å². The minimum Gasteiger partial charge on any atom is -0.487 e.